The first-order chi connectivity index (χ1) is 8.74. The lowest BCUT2D eigenvalue weighted by molar-refractivity contribution is 0.472. The SMILES string of the molecule is Oc1cccc(CC2Cc3ccccc3C2Cl)c1. The fourth-order valence-electron chi connectivity index (χ4n) is 2.79. The Morgan fingerprint density at radius 1 is 1.11 bits per heavy atom. The summed E-state index contributed by atoms with van der Waals surface area (Å²) in [6, 6.07) is 15.9. The monoisotopic (exact) mass is 258 g/mol. The van der Waals surface area contributed by atoms with Gasteiger partial charge in [-0.05, 0) is 47.6 Å². The maximum Gasteiger partial charge on any atom is 0.115 e. The second kappa shape index (κ2) is 4.66. The van der Waals surface area contributed by atoms with Crippen LogP contribution in [-0.2, 0) is 12.8 Å². The summed E-state index contributed by atoms with van der Waals surface area (Å²) in [6.07, 6.45) is 1.94. The van der Waals surface area contributed by atoms with Gasteiger partial charge in [-0.15, -0.1) is 11.6 Å². The molecule has 0 fully saturated rings. The van der Waals surface area contributed by atoms with Crippen molar-refractivity contribution >= 4 is 11.6 Å². The summed E-state index contributed by atoms with van der Waals surface area (Å²) in [6.45, 7) is 0. The van der Waals surface area contributed by atoms with E-state index in [1.165, 1.54) is 11.1 Å². The zero-order valence-corrected chi connectivity index (χ0v) is 10.8. The smallest absolute Gasteiger partial charge is 0.115 e. The van der Waals surface area contributed by atoms with Crippen LogP contribution >= 0.6 is 11.6 Å². The van der Waals surface area contributed by atoms with Gasteiger partial charge in [0.1, 0.15) is 5.75 Å². The summed E-state index contributed by atoms with van der Waals surface area (Å²) in [5.41, 5.74) is 3.78. The van der Waals surface area contributed by atoms with E-state index in [0.29, 0.717) is 11.7 Å². The summed E-state index contributed by atoms with van der Waals surface area (Å²) < 4.78 is 0. The molecular weight excluding hydrogens is 244 g/mol. The molecule has 2 atom stereocenters. The molecule has 92 valence electrons. The largest absolute Gasteiger partial charge is 0.508 e. The van der Waals surface area contributed by atoms with E-state index in [4.69, 9.17) is 11.6 Å². The highest BCUT2D eigenvalue weighted by Gasteiger charge is 2.30. The van der Waals surface area contributed by atoms with Crippen molar-refractivity contribution in [3.63, 3.8) is 0 Å². The van der Waals surface area contributed by atoms with Gasteiger partial charge in [0.25, 0.3) is 0 Å². The molecule has 0 spiro atoms. The highest BCUT2D eigenvalue weighted by Crippen LogP contribution is 2.42. The van der Waals surface area contributed by atoms with E-state index in [9.17, 15) is 5.11 Å². The minimum atomic E-state index is 0.0866. The number of benzene rings is 2. The predicted molar refractivity (Wildman–Crippen MR) is 74.0 cm³/mol. The number of phenols is 1. The number of aromatic hydroxyl groups is 1. The predicted octanol–water partition coefficient (Wildman–Crippen LogP) is 4.09. The van der Waals surface area contributed by atoms with Crippen molar-refractivity contribution in [2.75, 3.05) is 0 Å². The zero-order chi connectivity index (χ0) is 12.5. The van der Waals surface area contributed by atoms with Crippen LogP contribution in [0.25, 0.3) is 0 Å². The second-order valence-electron chi connectivity index (χ2n) is 4.94. The van der Waals surface area contributed by atoms with Crippen molar-refractivity contribution in [1.82, 2.24) is 0 Å². The van der Waals surface area contributed by atoms with Crippen LogP contribution < -0.4 is 0 Å². The van der Waals surface area contributed by atoms with Crippen LogP contribution in [-0.4, -0.2) is 5.11 Å². The third kappa shape index (κ3) is 2.11. The van der Waals surface area contributed by atoms with E-state index >= 15 is 0 Å². The van der Waals surface area contributed by atoms with Gasteiger partial charge in [-0.1, -0.05) is 36.4 Å². The number of rotatable bonds is 2. The molecular formula is C16H15ClO. The first-order valence-electron chi connectivity index (χ1n) is 6.24. The molecule has 2 aromatic carbocycles. The Morgan fingerprint density at radius 2 is 1.94 bits per heavy atom. The molecule has 18 heavy (non-hydrogen) atoms. The van der Waals surface area contributed by atoms with Crippen LogP contribution in [0, 0.1) is 5.92 Å². The van der Waals surface area contributed by atoms with Crippen molar-refractivity contribution in [3.05, 3.63) is 65.2 Å². The van der Waals surface area contributed by atoms with Crippen molar-refractivity contribution in [3.8, 4) is 5.75 Å². The van der Waals surface area contributed by atoms with Gasteiger partial charge in [-0.2, -0.15) is 0 Å². The molecule has 3 rings (SSSR count). The molecule has 0 saturated carbocycles. The highest BCUT2D eigenvalue weighted by molar-refractivity contribution is 6.21. The van der Waals surface area contributed by atoms with Gasteiger partial charge in [0.15, 0.2) is 0 Å². The Balaban J connectivity index is 1.81. The van der Waals surface area contributed by atoms with E-state index in [-0.39, 0.29) is 5.38 Å². The average molecular weight is 259 g/mol. The average Bonchev–Trinajstić information content (AvgIpc) is 2.67. The molecule has 1 N–H and O–H groups in total. The van der Waals surface area contributed by atoms with Crippen LogP contribution in [0.2, 0.25) is 0 Å². The van der Waals surface area contributed by atoms with Gasteiger partial charge in [-0.25, -0.2) is 0 Å². The quantitative estimate of drug-likeness (QED) is 0.805. The zero-order valence-electron chi connectivity index (χ0n) is 10.0. The Bertz CT molecular complexity index is 565. The van der Waals surface area contributed by atoms with Crippen molar-refractivity contribution in [2.45, 2.75) is 18.2 Å². The minimum Gasteiger partial charge on any atom is -0.508 e. The number of hydrogen-bond donors (Lipinski definition) is 1. The highest BCUT2D eigenvalue weighted by atomic mass is 35.5. The van der Waals surface area contributed by atoms with Gasteiger partial charge in [0.2, 0.25) is 0 Å². The Hall–Kier alpha value is -1.47. The molecule has 2 heteroatoms. The molecule has 0 aromatic heterocycles. The normalized spacial score (nSPS) is 21.8. The Labute approximate surface area is 112 Å². The summed E-state index contributed by atoms with van der Waals surface area (Å²) >= 11 is 6.54. The van der Waals surface area contributed by atoms with E-state index in [2.05, 4.69) is 18.2 Å². The lowest BCUT2D eigenvalue weighted by atomic mass is 9.96. The first-order valence-corrected chi connectivity index (χ1v) is 6.67. The van der Waals surface area contributed by atoms with Crippen LogP contribution in [0.1, 0.15) is 22.1 Å². The molecule has 0 radical (unpaired) electrons. The lowest BCUT2D eigenvalue weighted by Crippen LogP contribution is -2.06. The maximum absolute atomic E-state index is 9.49. The maximum atomic E-state index is 9.49. The van der Waals surface area contributed by atoms with Crippen LogP contribution in [0.3, 0.4) is 0 Å². The molecule has 1 aliphatic carbocycles. The van der Waals surface area contributed by atoms with Crippen LogP contribution in [0.4, 0.5) is 0 Å². The van der Waals surface area contributed by atoms with Crippen molar-refractivity contribution < 1.29 is 5.11 Å². The first kappa shape index (κ1) is 11.6. The van der Waals surface area contributed by atoms with Crippen LogP contribution in [0.5, 0.6) is 5.75 Å². The summed E-state index contributed by atoms with van der Waals surface area (Å²) in [7, 11) is 0. The molecule has 0 heterocycles. The fraction of sp³-hybridized carbons (Fsp3) is 0.250. The van der Waals surface area contributed by atoms with E-state index in [1.807, 2.05) is 24.3 Å². The summed E-state index contributed by atoms with van der Waals surface area (Å²) in [5, 5.41) is 9.58. The molecule has 1 nitrogen and oxygen atoms in total. The Kier molecular flexibility index (Phi) is 3.00. The number of phenolic OH excluding ortho intramolecular Hbond substituents is 1. The second-order valence-corrected chi connectivity index (χ2v) is 5.41. The number of hydrogen-bond acceptors (Lipinski definition) is 1. The standard InChI is InChI=1S/C16H15ClO/c17-16-13(8-11-4-3-6-14(18)9-11)10-12-5-1-2-7-15(12)16/h1-7,9,13,16,18H,8,10H2. The third-order valence-corrected chi connectivity index (χ3v) is 4.25. The van der Waals surface area contributed by atoms with E-state index < -0.39 is 0 Å². The molecule has 2 unspecified atom stereocenters. The lowest BCUT2D eigenvalue weighted by Gasteiger charge is -2.14. The molecule has 2 aromatic rings. The molecule has 1 aliphatic rings. The van der Waals surface area contributed by atoms with Crippen LogP contribution in [0.15, 0.2) is 48.5 Å². The molecule has 0 aliphatic heterocycles. The summed E-state index contributed by atoms with van der Waals surface area (Å²) in [5.74, 6) is 0.750. The van der Waals surface area contributed by atoms with Gasteiger partial charge in [-0.3, -0.25) is 0 Å². The number of fused-ring (bicyclic) bond motifs is 1. The Morgan fingerprint density at radius 3 is 2.72 bits per heavy atom. The van der Waals surface area contributed by atoms with Gasteiger partial charge >= 0.3 is 0 Å². The van der Waals surface area contributed by atoms with Crippen molar-refractivity contribution in [2.24, 2.45) is 5.92 Å². The van der Waals surface area contributed by atoms with E-state index in [1.54, 1.807) is 6.07 Å². The van der Waals surface area contributed by atoms with Crippen molar-refractivity contribution in [1.29, 1.82) is 0 Å². The van der Waals surface area contributed by atoms with Gasteiger partial charge in [0.05, 0.1) is 5.38 Å². The topological polar surface area (TPSA) is 20.2 Å². The summed E-state index contributed by atoms with van der Waals surface area (Å²) in [4.78, 5) is 0. The molecule has 0 amide bonds. The number of alkyl halides is 1. The third-order valence-electron chi connectivity index (χ3n) is 3.66. The molecule has 0 saturated heterocycles. The van der Waals surface area contributed by atoms with Gasteiger partial charge in [0, 0.05) is 0 Å². The van der Waals surface area contributed by atoms with Gasteiger partial charge < -0.3 is 5.11 Å². The van der Waals surface area contributed by atoms with E-state index in [0.717, 1.165) is 18.4 Å². The minimum absolute atomic E-state index is 0.0866. The number of halogens is 1. The fourth-order valence-corrected chi connectivity index (χ4v) is 3.18. The molecule has 0 bridgehead atoms.